The summed E-state index contributed by atoms with van der Waals surface area (Å²) < 4.78 is 0. The van der Waals surface area contributed by atoms with Gasteiger partial charge in [-0.3, -0.25) is 19.5 Å². The number of aliphatic hydroxyl groups excluding tert-OH is 1. The summed E-state index contributed by atoms with van der Waals surface area (Å²) in [6, 6.07) is 14.0. The third-order valence-electron chi connectivity index (χ3n) is 9.30. The lowest BCUT2D eigenvalue weighted by Crippen LogP contribution is -2.59. The number of carbonyl (C=O) groups is 2. The second-order valence-electron chi connectivity index (χ2n) is 13.7. The van der Waals surface area contributed by atoms with E-state index in [2.05, 4.69) is 27.3 Å². The quantitative estimate of drug-likeness (QED) is 0.479. The van der Waals surface area contributed by atoms with Crippen LogP contribution in [0.4, 0.5) is 0 Å². The predicted octanol–water partition coefficient (Wildman–Crippen LogP) is 4.24. The number of piperidine rings is 1. The molecule has 0 radical (unpaired) electrons. The monoisotopic (exact) mass is 560 g/mol. The topological polar surface area (TPSA) is 85.8 Å². The molecule has 222 valence electrons. The van der Waals surface area contributed by atoms with Gasteiger partial charge in [0.25, 0.3) is 0 Å². The molecular weight excluding hydrogens is 512 g/mol. The van der Waals surface area contributed by atoms with Crippen LogP contribution in [0, 0.1) is 17.8 Å². The van der Waals surface area contributed by atoms with Gasteiger partial charge in [0, 0.05) is 49.5 Å². The molecule has 6 atom stereocenters. The molecule has 41 heavy (non-hydrogen) atoms. The lowest BCUT2D eigenvalue weighted by atomic mass is 9.72. The predicted molar refractivity (Wildman–Crippen MR) is 161 cm³/mol. The molecule has 1 aromatic carbocycles. The Morgan fingerprint density at radius 1 is 1.00 bits per heavy atom. The van der Waals surface area contributed by atoms with Crippen molar-refractivity contribution in [2.75, 3.05) is 19.6 Å². The van der Waals surface area contributed by atoms with Crippen LogP contribution in [-0.4, -0.2) is 75.1 Å². The molecule has 2 N–H and O–H groups in total. The van der Waals surface area contributed by atoms with Crippen molar-refractivity contribution in [2.24, 2.45) is 17.8 Å². The van der Waals surface area contributed by atoms with E-state index in [9.17, 15) is 14.7 Å². The number of carbonyl (C=O) groups excluding carboxylic acids is 2. The van der Waals surface area contributed by atoms with Crippen LogP contribution in [0.1, 0.15) is 70.4 Å². The molecule has 2 amide bonds. The van der Waals surface area contributed by atoms with Crippen LogP contribution in [0.25, 0.3) is 0 Å². The maximum Gasteiger partial charge on any atom is 0.237 e. The van der Waals surface area contributed by atoms with E-state index in [0.29, 0.717) is 24.8 Å². The number of pyridine rings is 1. The Hall–Kier alpha value is -2.77. The van der Waals surface area contributed by atoms with Crippen molar-refractivity contribution in [2.45, 2.75) is 95.9 Å². The molecule has 3 fully saturated rings. The molecule has 7 nitrogen and oxygen atoms in total. The molecular formula is C34H48N4O3. The molecule has 1 aliphatic carbocycles. The fourth-order valence-corrected chi connectivity index (χ4v) is 7.45. The van der Waals surface area contributed by atoms with Crippen molar-refractivity contribution in [3.63, 3.8) is 0 Å². The van der Waals surface area contributed by atoms with Gasteiger partial charge in [0.2, 0.25) is 11.8 Å². The number of likely N-dealkylation sites (tertiary alicyclic amines) is 2. The van der Waals surface area contributed by atoms with Gasteiger partial charge in [0.05, 0.1) is 12.1 Å². The number of hydrogen-bond donors (Lipinski definition) is 2. The average Bonchev–Trinajstić information content (AvgIpc) is 3.21. The number of β-amino-alcohol motifs (C(OH)–C–C–N with tert-alkyl or cyclic N) is 1. The minimum absolute atomic E-state index is 0.0327. The van der Waals surface area contributed by atoms with E-state index in [4.69, 9.17) is 0 Å². The van der Waals surface area contributed by atoms with Gasteiger partial charge in [-0.25, -0.2) is 0 Å². The van der Waals surface area contributed by atoms with Gasteiger partial charge in [0.15, 0.2) is 0 Å². The number of fused-ring (bicyclic) bond motifs is 1. The van der Waals surface area contributed by atoms with Crippen LogP contribution >= 0.6 is 0 Å². The Bertz CT molecular complexity index is 1150. The standard InChI is InChI=1S/C34H48N4O3/c1-34(2,3)36-32(40)31-19-26-13-7-8-14-27(26)21-37(31)22-30(39)23-38-29(17-24-10-5-4-6-11-24)18-28(33(38)41)16-25-12-9-15-35-20-25/h4-6,9-12,15,20,26-31,39H,7-8,13-14,16-19,21-23H2,1-3H3,(H,36,40)/t26-,27+,28?,29-,30?,31?/m0/s1. The zero-order chi connectivity index (χ0) is 29.0. The highest BCUT2D eigenvalue weighted by molar-refractivity contribution is 5.83. The summed E-state index contributed by atoms with van der Waals surface area (Å²) in [6.07, 6.45) is 10.8. The lowest BCUT2D eigenvalue weighted by Gasteiger charge is -2.46. The van der Waals surface area contributed by atoms with Crippen LogP contribution < -0.4 is 5.32 Å². The highest BCUT2D eigenvalue weighted by atomic mass is 16.3. The highest BCUT2D eigenvalue weighted by Crippen LogP contribution is 2.39. The van der Waals surface area contributed by atoms with Crippen LogP contribution in [0.3, 0.4) is 0 Å². The number of aromatic nitrogens is 1. The second kappa shape index (κ2) is 13.0. The van der Waals surface area contributed by atoms with Crippen molar-refractivity contribution >= 4 is 11.8 Å². The summed E-state index contributed by atoms with van der Waals surface area (Å²) in [5.41, 5.74) is 1.96. The van der Waals surface area contributed by atoms with E-state index in [0.717, 1.165) is 31.4 Å². The fraction of sp³-hybridized carbons (Fsp3) is 0.618. The summed E-state index contributed by atoms with van der Waals surface area (Å²) in [4.78, 5) is 35.6. The molecule has 0 spiro atoms. The molecule has 2 saturated heterocycles. The van der Waals surface area contributed by atoms with E-state index < -0.39 is 6.10 Å². The van der Waals surface area contributed by atoms with Crippen molar-refractivity contribution in [1.29, 1.82) is 0 Å². The zero-order valence-corrected chi connectivity index (χ0v) is 25.0. The Morgan fingerprint density at radius 3 is 2.44 bits per heavy atom. The van der Waals surface area contributed by atoms with Crippen LogP contribution in [0.15, 0.2) is 54.9 Å². The van der Waals surface area contributed by atoms with Gasteiger partial charge >= 0.3 is 0 Å². The number of nitrogens with zero attached hydrogens (tertiary/aromatic N) is 3. The van der Waals surface area contributed by atoms with Gasteiger partial charge in [0.1, 0.15) is 0 Å². The lowest BCUT2D eigenvalue weighted by molar-refractivity contribution is -0.136. The highest BCUT2D eigenvalue weighted by Gasteiger charge is 2.43. The Balaban J connectivity index is 1.30. The maximum atomic E-state index is 13.8. The molecule has 2 aliphatic heterocycles. The first kappa shape index (κ1) is 29.7. The van der Waals surface area contributed by atoms with Crippen molar-refractivity contribution < 1.29 is 14.7 Å². The van der Waals surface area contributed by atoms with Gasteiger partial charge in [-0.15, -0.1) is 0 Å². The first-order chi connectivity index (χ1) is 19.7. The van der Waals surface area contributed by atoms with Gasteiger partial charge < -0.3 is 15.3 Å². The van der Waals surface area contributed by atoms with Crippen LogP contribution in [0.2, 0.25) is 0 Å². The first-order valence-electron chi connectivity index (χ1n) is 15.6. The number of hydrogen-bond acceptors (Lipinski definition) is 5. The molecule has 1 aromatic heterocycles. The molecule has 3 aliphatic rings. The minimum atomic E-state index is -0.723. The molecule has 3 unspecified atom stereocenters. The number of rotatable bonds is 9. The number of amides is 2. The summed E-state index contributed by atoms with van der Waals surface area (Å²) in [5.74, 6) is 1.21. The van der Waals surface area contributed by atoms with Crippen LogP contribution in [-0.2, 0) is 22.4 Å². The third-order valence-corrected chi connectivity index (χ3v) is 9.30. The fourth-order valence-electron chi connectivity index (χ4n) is 7.45. The summed E-state index contributed by atoms with van der Waals surface area (Å²) in [6.45, 7) is 7.59. The van der Waals surface area contributed by atoms with Crippen molar-refractivity contribution in [3.8, 4) is 0 Å². The smallest absolute Gasteiger partial charge is 0.237 e. The minimum Gasteiger partial charge on any atom is -0.390 e. The van der Waals surface area contributed by atoms with E-state index in [1.54, 1.807) is 6.20 Å². The Morgan fingerprint density at radius 2 is 1.73 bits per heavy atom. The molecule has 3 heterocycles. The number of nitrogens with one attached hydrogen (secondary N) is 1. The van der Waals surface area contributed by atoms with E-state index >= 15 is 0 Å². The van der Waals surface area contributed by atoms with Crippen molar-refractivity contribution in [1.82, 2.24) is 20.1 Å². The maximum absolute atomic E-state index is 13.8. The van der Waals surface area contributed by atoms with Gasteiger partial charge in [-0.1, -0.05) is 55.7 Å². The molecule has 5 rings (SSSR count). The average molecular weight is 561 g/mol. The summed E-state index contributed by atoms with van der Waals surface area (Å²) >= 11 is 0. The SMILES string of the molecule is CC(C)(C)NC(=O)C1C[C@@H]2CCCC[C@@H]2CN1CC(O)CN1C(=O)C(Cc2cccnc2)C[C@@H]1Cc1ccccc1. The number of aliphatic hydroxyl groups is 1. The second-order valence-corrected chi connectivity index (χ2v) is 13.7. The molecule has 0 bridgehead atoms. The van der Waals surface area contributed by atoms with E-state index in [1.165, 1.54) is 31.2 Å². The molecule has 7 heteroatoms. The Labute approximate surface area is 245 Å². The number of benzene rings is 1. The molecule has 1 saturated carbocycles. The van der Waals surface area contributed by atoms with E-state index in [-0.39, 0.29) is 41.9 Å². The Kier molecular flexibility index (Phi) is 9.45. The van der Waals surface area contributed by atoms with Gasteiger partial charge in [-0.05, 0) is 81.9 Å². The summed E-state index contributed by atoms with van der Waals surface area (Å²) in [7, 11) is 0. The van der Waals surface area contributed by atoms with Crippen molar-refractivity contribution in [3.05, 3.63) is 66.0 Å². The van der Waals surface area contributed by atoms with Gasteiger partial charge in [-0.2, -0.15) is 0 Å². The van der Waals surface area contributed by atoms with E-state index in [1.807, 2.05) is 62.2 Å². The molecule has 2 aromatic rings. The van der Waals surface area contributed by atoms with Crippen LogP contribution in [0.5, 0.6) is 0 Å². The first-order valence-corrected chi connectivity index (χ1v) is 15.6. The normalized spacial score (nSPS) is 27.9. The third kappa shape index (κ3) is 7.75. The zero-order valence-electron chi connectivity index (χ0n) is 25.0. The largest absolute Gasteiger partial charge is 0.390 e. The summed E-state index contributed by atoms with van der Waals surface area (Å²) in [5, 5.41) is 14.7.